The van der Waals surface area contributed by atoms with Gasteiger partial charge in [-0.05, 0) is 39.9 Å². The van der Waals surface area contributed by atoms with Gasteiger partial charge in [0.15, 0.2) is 10.6 Å². The van der Waals surface area contributed by atoms with Gasteiger partial charge in [0.25, 0.3) is 0 Å². The average Bonchev–Trinajstić information content (AvgIpc) is 3.11. The number of aromatic amines is 1. The number of H-pyrrole nitrogens is 1. The minimum Gasteiger partial charge on any atom is -0.477 e. The van der Waals surface area contributed by atoms with Gasteiger partial charge >= 0.3 is 5.97 Å². The number of aromatic carboxylic acids is 1. The number of hydrogen-bond acceptors (Lipinski definition) is 7. The van der Waals surface area contributed by atoms with Crippen LogP contribution in [0.1, 0.15) is 31.1 Å². The van der Waals surface area contributed by atoms with Crippen molar-refractivity contribution >= 4 is 40.9 Å². The van der Waals surface area contributed by atoms with E-state index in [2.05, 4.69) is 20.2 Å². The first kappa shape index (κ1) is 18.4. The summed E-state index contributed by atoms with van der Waals surface area (Å²) in [5.41, 5.74) is 1.61. The molecule has 128 valence electrons. The summed E-state index contributed by atoms with van der Waals surface area (Å²) in [6.45, 7) is 7.47. The van der Waals surface area contributed by atoms with Gasteiger partial charge in [-0.2, -0.15) is 5.10 Å². The van der Waals surface area contributed by atoms with Gasteiger partial charge in [0.1, 0.15) is 4.88 Å². The van der Waals surface area contributed by atoms with Crippen molar-refractivity contribution in [3.63, 3.8) is 0 Å². The molecule has 0 aliphatic heterocycles. The third-order valence-corrected chi connectivity index (χ3v) is 5.58. The van der Waals surface area contributed by atoms with E-state index in [9.17, 15) is 4.79 Å². The highest BCUT2D eigenvalue weighted by Gasteiger charge is 2.12. The van der Waals surface area contributed by atoms with E-state index in [0.29, 0.717) is 15.3 Å². The molecule has 0 saturated carbocycles. The number of carboxylic acid groups (broad SMARTS) is 1. The highest BCUT2D eigenvalue weighted by atomic mass is 32.1. The van der Waals surface area contributed by atoms with Gasteiger partial charge in [-0.15, -0.1) is 22.7 Å². The molecule has 2 N–H and O–H groups in total. The number of rotatable bonds is 2. The van der Waals surface area contributed by atoms with Crippen LogP contribution in [0.3, 0.4) is 0 Å². The zero-order valence-electron chi connectivity index (χ0n) is 13.9. The SMILES string of the molecule is Cc1nc(C)c(-c2n[nH]c(=S)n2C)s1.Cc1nc(C)c(C(=O)O)s1. The van der Waals surface area contributed by atoms with Crippen molar-refractivity contribution in [3.8, 4) is 10.7 Å². The Labute approximate surface area is 152 Å². The predicted molar refractivity (Wildman–Crippen MR) is 97.5 cm³/mol. The van der Waals surface area contributed by atoms with Gasteiger partial charge in [0.2, 0.25) is 0 Å². The summed E-state index contributed by atoms with van der Waals surface area (Å²) in [6, 6.07) is 0. The van der Waals surface area contributed by atoms with Gasteiger partial charge in [-0.25, -0.2) is 14.8 Å². The van der Waals surface area contributed by atoms with Gasteiger partial charge in [-0.1, -0.05) is 0 Å². The molecule has 0 radical (unpaired) electrons. The fraction of sp³-hybridized carbons (Fsp3) is 0.357. The Balaban J connectivity index is 0.000000185. The van der Waals surface area contributed by atoms with E-state index < -0.39 is 5.97 Å². The molecule has 3 aromatic rings. The number of thiazole rings is 2. The van der Waals surface area contributed by atoms with Crippen LogP contribution in [0.25, 0.3) is 10.7 Å². The Bertz CT molecular complexity index is 935. The molecule has 0 spiro atoms. The minimum absolute atomic E-state index is 0.345. The van der Waals surface area contributed by atoms with Gasteiger partial charge < -0.3 is 9.67 Å². The van der Waals surface area contributed by atoms with Crippen LogP contribution >= 0.6 is 34.9 Å². The molecule has 0 unspecified atom stereocenters. The summed E-state index contributed by atoms with van der Waals surface area (Å²) in [4.78, 5) is 20.2. The number of aromatic nitrogens is 5. The second-order valence-corrected chi connectivity index (χ2v) is 7.80. The molecule has 0 atom stereocenters. The van der Waals surface area contributed by atoms with Crippen LogP contribution in [0.2, 0.25) is 0 Å². The summed E-state index contributed by atoms with van der Waals surface area (Å²) in [5, 5.41) is 17.3. The van der Waals surface area contributed by atoms with Crippen LogP contribution < -0.4 is 0 Å². The third-order valence-electron chi connectivity index (χ3n) is 3.08. The molecule has 24 heavy (non-hydrogen) atoms. The first-order chi connectivity index (χ1) is 11.2. The number of nitrogens with one attached hydrogen (secondary N) is 1. The van der Waals surface area contributed by atoms with Crippen molar-refractivity contribution in [1.29, 1.82) is 0 Å². The molecule has 0 aliphatic carbocycles. The zero-order chi connectivity index (χ0) is 18.0. The summed E-state index contributed by atoms with van der Waals surface area (Å²) < 4.78 is 2.49. The van der Waals surface area contributed by atoms with Crippen molar-refractivity contribution < 1.29 is 9.90 Å². The highest BCUT2D eigenvalue weighted by Crippen LogP contribution is 2.27. The normalized spacial score (nSPS) is 10.4. The largest absolute Gasteiger partial charge is 0.477 e. The van der Waals surface area contributed by atoms with E-state index in [-0.39, 0.29) is 0 Å². The minimum atomic E-state index is -0.886. The quantitative estimate of drug-likeness (QED) is 0.655. The highest BCUT2D eigenvalue weighted by molar-refractivity contribution is 7.71. The van der Waals surface area contributed by atoms with Gasteiger partial charge in [0.05, 0.1) is 26.3 Å². The average molecular weight is 384 g/mol. The molecule has 0 aliphatic rings. The van der Waals surface area contributed by atoms with E-state index in [1.807, 2.05) is 25.5 Å². The molecule has 3 rings (SSSR count). The van der Waals surface area contributed by atoms with Crippen molar-refractivity contribution in [3.05, 3.63) is 31.1 Å². The van der Waals surface area contributed by atoms with Crippen LogP contribution in [0, 0.1) is 32.5 Å². The maximum absolute atomic E-state index is 10.4. The van der Waals surface area contributed by atoms with Crippen LogP contribution in [0.15, 0.2) is 0 Å². The van der Waals surface area contributed by atoms with E-state index in [4.69, 9.17) is 17.3 Å². The Hall–Kier alpha value is -1.91. The maximum Gasteiger partial charge on any atom is 0.347 e. The van der Waals surface area contributed by atoms with Gasteiger partial charge in [0, 0.05) is 7.05 Å². The first-order valence-corrected chi connectivity index (χ1v) is 8.98. The lowest BCUT2D eigenvalue weighted by atomic mass is 10.4. The summed E-state index contributed by atoms with van der Waals surface area (Å²) in [6.07, 6.45) is 0. The molecule has 10 heteroatoms. The van der Waals surface area contributed by atoms with Crippen LogP contribution in [-0.2, 0) is 7.05 Å². The Kier molecular flexibility index (Phi) is 5.62. The Morgan fingerprint density at radius 2 is 1.71 bits per heavy atom. The lowest BCUT2D eigenvalue weighted by Gasteiger charge is -1.96. The number of carboxylic acids is 1. The number of hydrogen-bond donors (Lipinski definition) is 2. The molecular formula is C14H17N5O2S3. The summed E-state index contributed by atoms with van der Waals surface area (Å²) in [7, 11) is 1.90. The van der Waals surface area contributed by atoms with Crippen molar-refractivity contribution in [1.82, 2.24) is 24.7 Å². The predicted octanol–water partition coefficient (Wildman–Crippen LogP) is 3.68. The lowest BCUT2D eigenvalue weighted by Crippen LogP contribution is -1.94. The molecule has 0 fully saturated rings. The first-order valence-electron chi connectivity index (χ1n) is 6.93. The molecule has 0 bridgehead atoms. The van der Waals surface area contributed by atoms with Crippen LogP contribution in [0.5, 0.6) is 0 Å². The smallest absolute Gasteiger partial charge is 0.347 e. The molecule has 3 heterocycles. The number of carbonyl (C=O) groups is 1. The number of nitrogens with zero attached hydrogens (tertiary/aromatic N) is 4. The topological polar surface area (TPSA) is 96.7 Å². The fourth-order valence-electron chi connectivity index (χ4n) is 2.02. The zero-order valence-corrected chi connectivity index (χ0v) is 16.3. The van der Waals surface area contributed by atoms with E-state index in [1.165, 1.54) is 11.3 Å². The lowest BCUT2D eigenvalue weighted by molar-refractivity contribution is 0.0701. The van der Waals surface area contributed by atoms with E-state index in [0.717, 1.165) is 26.4 Å². The summed E-state index contributed by atoms with van der Waals surface area (Å²) in [5.74, 6) is -0.0267. The molecule has 0 saturated heterocycles. The molecular weight excluding hydrogens is 366 g/mol. The molecule has 0 aromatic carbocycles. The second-order valence-electron chi connectivity index (χ2n) is 5.01. The second kappa shape index (κ2) is 7.32. The van der Waals surface area contributed by atoms with E-state index in [1.54, 1.807) is 25.2 Å². The van der Waals surface area contributed by atoms with Crippen LogP contribution in [0.4, 0.5) is 0 Å². The number of aryl methyl sites for hydroxylation is 4. The summed E-state index contributed by atoms with van der Waals surface area (Å²) >= 11 is 7.90. The standard InChI is InChI=1S/C8H10N4S2.C6H7NO2S/c1-4-6(14-5(2)9-4)7-10-11-8(13)12(7)3;1-3-5(6(8)9)10-4(2)7-3/h1-3H3,(H,11,13);1-2H3,(H,8,9). The monoisotopic (exact) mass is 383 g/mol. The van der Waals surface area contributed by atoms with Crippen LogP contribution in [-0.4, -0.2) is 35.8 Å². The Morgan fingerprint density at radius 3 is 2.04 bits per heavy atom. The third kappa shape index (κ3) is 3.94. The van der Waals surface area contributed by atoms with Crippen molar-refractivity contribution in [2.45, 2.75) is 27.7 Å². The maximum atomic E-state index is 10.4. The molecule has 0 amide bonds. The fourth-order valence-corrected chi connectivity index (χ4v) is 3.85. The molecule has 7 nitrogen and oxygen atoms in total. The Morgan fingerprint density at radius 1 is 1.12 bits per heavy atom. The van der Waals surface area contributed by atoms with Crippen molar-refractivity contribution in [2.24, 2.45) is 7.05 Å². The van der Waals surface area contributed by atoms with Crippen molar-refractivity contribution in [2.75, 3.05) is 0 Å². The van der Waals surface area contributed by atoms with Gasteiger partial charge in [-0.3, -0.25) is 5.10 Å². The van der Waals surface area contributed by atoms with E-state index >= 15 is 0 Å². The molecule has 3 aromatic heterocycles.